The number of aliphatic hydroxyl groups is 1. The maximum atomic E-state index is 14.8. The predicted octanol–water partition coefficient (Wildman–Crippen LogP) is 3.52. The highest BCUT2D eigenvalue weighted by atomic mass is 19.3. The summed E-state index contributed by atoms with van der Waals surface area (Å²) in [6.07, 6.45) is -3.01. The van der Waals surface area contributed by atoms with Crippen LogP contribution in [-0.2, 0) is 6.54 Å². The highest BCUT2D eigenvalue weighted by Crippen LogP contribution is 2.34. The number of nitrogens with zero attached hydrogens (tertiary/aromatic N) is 6. The van der Waals surface area contributed by atoms with E-state index in [-0.39, 0.29) is 36.6 Å². The van der Waals surface area contributed by atoms with Gasteiger partial charge in [-0.1, -0.05) is 6.07 Å². The first-order chi connectivity index (χ1) is 18.6. The van der Waals surface area contributed by atoms with Crippen LogP contribution >= 0.6 is 0 Å². The van der Waals surface area contributed by atoms with Crippen molar-refractivity contribution in [2.75, 3.05) is 23.7 Å². The molecule has 206 valence electrons. The summed E-state index contributed by atoms with van der Waals surface area (Å²) in [5, 5.41) is 10.1. The van der Waals surface area contributed by atoms with E-state index in [1.54, 1.807) is 15.5 Å². The molecule has 0 bridgehead atoms. The van der Waals surface area contributed by atoms with Crippen LogP contribution in [0.5, 0.6) is 0 Å². The van der Waals surface area contributed by atoms with Gasteiger partial charge in [0.15, 0.2) is 11.5 Å². The lowest BCUT2D eigenvalue weighted by Gasteiger charge is -2.44. The average Bonchev–Trinajstić information content (AvgIpc) is 3.32. The molecule has 1 aliphatic heterocycles. The summed E-state index contributed by atoms with van der Waals surface area (Å²) in [4.78, 5) is 18.5. The Balaban J connectivity index is 1.58. The van der Waals surface area contributed by atoms with Crippen molar-refractivity contribution in [2.45, 2.75) is 43.9 Å². The van der Waals surface area contributed by atoms with Gasteiger partial charge in [-0.2, -0.15) is 0 Å². The zero-order chi connectivity index (χ0) is 27.9. The number of rotatable bonds is 7. The third kappa shape index (κ3) is 5.08. The molecule has 4 aromatic rings. The molecule has 5 N–H and O–H groups in total. The lowest BCUT2D eigenvalue weighted by Crippen LogP contribution is -2.63. The quantitative estimate of drug-likeness (QED) is 0.299. The van der Waals surface area contributed by atoms with Crippen LogP contribution in [0.25, 0.3) is 22.4 Å². The Kier molecular flexibility index (Phi) is 7.07. The van der Waals surface area contributed by atoms with E-state index in [1.165, 1.54) is 24.9 Å². The Labute approximate surface area is 219 Å². The number of benzene rings is 1. The second kappa shape index (κ2) is 10.3. The van der Waals surface area contributed by atoms with E-state index >= 15 is 0 Å². The van der Waals surface area contributed by atoms with E-state index in [2.05, 4.69) is 19.9 Å². The molecule has 3 aromatic heterocycles. The smallest absolute Gasteiger partial charge is 0.265 e. The molecule has 1 aromatic carbocycles. The molecule has 0 saturated carbocycles. The largest absolute Gasteiger partial charge is 0.385 e. The van der Waals surface area contributed by atoms with E-state index in [1.807, 2.05) is 0 Å². The highest BCUT2D eigenvalue weighted by molar-refractivity contribution is 5.81. The summed E-state index contributed by atoms with van der Waals surface area (Å²) >= 11 is 0. The second-order valence-electron chi connectivity index (χ2n) is 9.58. The first kappa shape index (κ1) is 26.7. The van der Waals surface area contributed by atoms with Crippen LogP contribution in [0, 0.1) is 5.82 Å². The molecule has 1 aliphatic rings. The van der Waals surface area contributed by atoms with Crippen molar-refractivity contribution in [1.29, 1.82) is 0 Å². The van der Waals surface area contributed by atoms with Gasteiger partial charge in [0.1, 0.15) is 23.8 Å². The van der Waals surface area contributed by atoms with Crippen molar-refractivity contribution >= 4 is 22.7 Å². The summed E-state index contributed by atoms with van der Waals surface area (Å²) in [6.45, 7) is 0.504. The first-order valence-corrected chi connectivity index (χ1v) is 12.1. The number of hydrogen-bond acceptors (Lipinski definition) is 8. The molecule has 39 heavy (non-hydrogen) atoms. The van der Waals surface area contributed by atoms with Crippen molar-refractivity contribution in [3.63, 3.8) is 0 Å². The number of pyridine rings is 1. The van der Waals surface area contributed by atoms with Gasteiger partial charge in [0, 0.05) is 24.2 Å². The average molecular weight is 549 g/mol. The van der Waals surface area contributed by atoms with E-state index in [0.717, 1.165) is 12.1 Å². The summed E-state index contributed by atoms with van der Waals surface area (Å²) in [7, 11) is 0. The molecular weight excluding hydrogens is 523 g/mol. The lowest BCUT2D eigenvalue weighted by molar-refractivity contribution is -0.0529. The number of fused-ring (bicyclic) bond motifs is 1. The minimum absolute atomic E-state index is 0.00852. The van der Waals surface area contributed by atoms with Crippen molar-refractivity contribution < 1.29 is 27.1 Å². The van der Waals surface area contributed by atoms with Gasteiger partial charge in [0.25, 0.3) is 12.9 Å². The molecule has 9 nitrogen and oxygen atoms in total. The Morgan fingerprint density at radius 1 is 1.08 bits per heavy atom. The van der Waals surface area contributed by atoms with Gasteiger partial charge in [0.05, 0.1) is 36.0 Å². The molecule has 14 heteroatoms. The molecule has 0 radical (unpaired) electrons. The molecule has 2 atom stereocenters. The second-order valence-corrected chi connectivity index (χ2v) is 9.58. The van der Waals surface area contributed by atoms with E-state index in [4.69, 9.17) is 11.5 Å². The normalized spacial score (nSPS) is 18.8. The van der Waals surface area contributed by atoms with Crippen LogP contribution in [0.1, 0.15) is 30.4 Å². The number of piperidine rings is 1. The molecule has 0 unspecified atom stereocenters. The van der Waals surface area contributed by atoms with Gasteiger partial charge in [-0.25, -0.2) is 36.9 Å². The number of alkyl halides is 4. The molecular formula is C25H25F5N8O. The third-order valence-electron chi connectivity index (χ3n) is 6.98. The van der Waals surface area contributed by atoms with Gasteiger partial charge in [0.2, 0.25) is 0 Å². The molecule has 0 aliphatic carbocycles. The van der Waals surface area contributed by atoms with Crippen LogP contribution in [0.4, 0.5) is 33.5 Å². The van der Waals surface area contributed by atoms with Gasteiger partial charge in [-0.15, -0.1) is 0 Å². The number of nitrogens with two attached hydrogens (primary N) is 2. The van der Waals surface area contributed by atoms with E-state index in [9.17, 15) is 27.1 Å². The van der Waals surface area contributed by atoms with Crippen molar-refractivity contribution in [3.05, 3.63) is 60.1 Å². The number of aromatic nitrogens is 5. The molecule has 0 spiro atoms. The number of hydrogen-bond donors (Lipinski definition) is 3. The summed E-state index contributed by atoms with van der Waals surface area (Å²) in [6, 6.07) is 4.70. The van der Waals surface area contributed by atoms with Crippen LogP contribution in [0.2, 0.25) is 0 Å². The van der Waals surface area contributed by atoms with Gasteiger partial charge in [-0.05, 0) is 36.6 Å². The van der Waals surface area contributed by atoms with Crippen LogP contribution < -0.4 is 16.4 Å². The van der Waals surface area contributed by atoms with Crippen LogP contribution in [0.3, 0.4) is 0 Å². The van der Waals surface area contributed by atoms with Crippen molar-refractivity contribution in [1.82, 2.24) is 24.5 Å². The summed E-state index contributed by atoms with van der Waals surface area (Å²) in [5.41, 5.74) is 12.2. The maximum Gasteiger partial charge on any atom is 0.265 e. The minimum atomic E-state index is -3.02. The van der Waals surface area contributed by atoms with Crippen molar-refractivity contribution in [3.8, 4) is 11.3 Å². The summed E-state index contributed by atoms with van der Waals surface area (Å²) in [5.74, 6) is -0.688. The fraction of sp³-hybridized carbons (Fsp3) is 0.360. The molecule has 0 amide bonds. The van der Waals surface area contributed by atoms with Crippen LogP contribution in [0.15, 0.2) is 43.1 Å². The van der Waals surface area contributed by atoms with Gasteiger partial charge < -0.3 is 26.0 Å². The Bertz CT molecular complexity index is 1500. The van der Waals surface area contributed by atoms with E-state index < -0.39 is 35.9 Å². The third-order valence-corrected chi connectivity index (χ3v) is 6.98. The zero-order valence-electron chi connectivity index (χ0n) is 20.5. The number of aliphatic hydroxyl groups excluding tert-OH is 1. The monoisotopic (exact) mass is 548 g/mol. The molecule has 5 rings (SSSR count). The van der Waals surface area contributed by atoms with Gasteiger partial charge in [-0.3, -0.25) is 4.98 Å². The highest BCUT2D eigenvalue weighted by Gasteiger charge is 2.43. The number of imidazole rings is 1. The van der Waals surface area contributed by atoms with E-state index in [0.29, 0.717) is 35.4 Å². The molecule has 1 fully saturated rings. The van der Waals surface area contributed by atoms with Crippen molar-refractivity contribution in [2.24, 2.45) is 5.73 Å². The van der Waals surface area contributed by atoms with Crippen LogP contribution in [-0.4, -0.2) is 60.8 Å². The SMILES string of the molecule is Nc1ncnc2c1ncn2Cc1cc(-c2ccc(C(F)F)cc2F)ncc1N1CCC[C@](N)([C@@H](O)C(F)F)C1. The Morgan fingerprint density at radius 3 is 2.59 bits per heavy atom. The number of anilines is 2. The maximum absolute atomic E-state index is 14.8. The predicted molar refractivity (Wildman–Crippen MR) is 134 cm³/mol. The zero-order valence-corrected chi connectivity index (χ0v) is 20.5. The number of nitrogen functional groups attached to an aromatic ring is 1. The fourth-order valence-corrected chi connectivity index (χ4v) is 4.93. The molecule has 4 heterocycles. The van der Waals surface area contributed by atoms with Gasteiger partial charge >= 0.3 is 0 Å². The molecule has 1 saturated heterocycles. The Morgan fingerprint density at radius 2 is 1.87 bits per heavy atom. The minimum Gasteiger partial charge on any atom is -0.385 e. The summed E-state index contributed by atoms with van der Waals surface area (Å²) < 4.78 is 69.4. The first-order valence-electron chi connectivity index (χ1n) is 12.1. The topological polar surface area (TPSA) is 132 Å². The Hall–Kier alpha value is -3.91. The standard InChI is InChI=1S/C25H25F5N8O/c26-16-6-13(21(27)28)2-3-15(16)17-7-14(9-38-12-36-19-23(31)34-11-35-24(19)38)18(8-33-17)37-5-1-4-25(32,10-37)20(39)22(29)30/h2-3,6-8,11-12,20-22,39H,1,4-5,9-10,32H2,(H2,31,34,35)/t20-,25+/m0/s1. The fourth-order valence-electron chi connectivity index (χ4n) is 4.93. The number of halogens is 5. The lowest BCUT2D eigenvalue weighted by atomic mass is 9.84.